The number of aromatic amines is 1. The highest BCUT2D eigenvalue weighted by molar-refractivity contribution is 7.98. The molecule has 2 aromatic carbocycles. The molecular formula is C17H13Cl2NO2S. The standard InChI is InChI=1S/C17H13Cl2NO2S/c1-23-16-13(6-9-2-4-11(18)8-14(9)19)12-7-10(17(21)22)3-5-15(12)20-16/h2-5,7-8,20H,6H2,1H3,(H,21,22). The van der Waals surface area contributed by atoms with Gasteiger partial charge in [0.2, 0.25) is 0 Å². The second-order valence-electron chi connectivity index (χ2n) is 5.11. The van der Waals surface area contributed by atoms with Crippen molar-refractivity contribution < 1.29 is 9.90 Å². The van der Waals surface area contributed by atoms with Crippen LogP contribution in [0, 0.1) is 0 Å². The molecule has 23 heavy (non-hydrogen) atoms. The number of halogens is 2. The van der Waals surface area contributed by atoms with E-state index >= 15 is 0 Å². The lowest BCUT2D eigenvalue weighted by Gasteiger charge is -2.06. The van der Waals surface area contributed by atoms with Gasteiger partial charge in [-0.1, -0.05) is 29.3 Å². The van der Waals surface area contributed by atoms with Gasteiger partial charge in [0.1, 0.15) is 0 Å². The molecule has 0 aliphatic rings. The van der Waals surface area contributed by atoms with Gasteiger partial charge < -0.3 is 10.1 Å². The first-order valence-corrected chi connectivity index (χ1v) is 8.83. The molecule has 0 bridgehead atoms. The van der Waals surface area contributed by atoms with Crippen LogP contribution in [0.1, 0.15) is 21.5 Å². The van der Waals surface area contributed by atoms with E-state index in [1.54, 1.807) is 42.1 Å². The van der Waals surface area contributed by atoms with Crippen molar-refractivity contribution in [3.63, 3.8) is 0 Å². The van der Waals surface area contributed by atoms with Crippen molar-refractivity contribution in [1.29, 1.82) is 0 Å². The summed E-state index contributed by atoms with van der Waals surface area (Å²) in [6.07, 6.45) is 2.59. The Bertz CT molecular complexity index is 905. The number of carboxylic acid groups (broad SMARTS) is 1. The number of H-pyrrole nitrogens is 1. The van der Waals surface area contributed by atoms with Gasteiger partial charge in [0.05, 0.1) is 10.6 Å². The van der Waals surface area contributed by atoms with Gasteiger partial charge in [0.15, 0.2) is 0 Å². The predicted octanol–water partition coefficient (Wildman–Crippen LogP) is 5.49. The van der Waals surface area contributed by atoms with Gasteiger partial charge in [0, 0.05) is 27.4 Å². The molecule has 0 saturated heterocycles. The molecule has 6 heteroatoms. The Labute approximate surface area is 147 Å². The van der Waals surface area contributed by atoms with Crippen molar-refractivity contribution in [3.05, 3.63) is 63.1 Å². The highest BCUT2D eigenvalue weighted by Gasteiger charge is 2.15. The van der Waals surface area contributed by atoms with E-state index in [1.807, 2.05) is 12.3 Å². The number of fused-ring (bicyclic) bond motifs is 1. The molecule has 3 nitrogen and oxygen atoms in total. The van der Waals surface area contributed by atoms with Crippen LogP contribution in [0.4, 0.5) is 0 Å². The second-order valence-corrected chi connectivity index (χ2v) is 6.77. The molecule has 0 atom stereocenters. The average Bonchev–Trinajstić information content (AvgIpc) is 2.87. The normalized spacial score (nSPS) is 11.1. The van der Waals surface area contributed by atoms with Crippen LogP contribution in [0.15, 0.2) is 41.4 Å². The van der Waals surface area contributed by atoms with Crippen molar-refractivity contribution >= 4 is 51.8 Å². The molecule has 0 saturated carbocycles. The van der Waals surface area contributed by atoms with E-state index in [-0.39, 0.29) is 5.56 Å². The van der Waals surface area contributed by atoms with Gasteiger partial charge in [-0.05, 0) is 47.7 Å². The summed E-state index contributed by atoms with van der Waals surface area (Å²) >= 11 is 13.8. The van der Waals surface area contributed by atoms with Crippen LogP contribution in [-0.2, 0) is 6.42 Å². The van der Waals surface area contributed by atoms with Crippen LogP contribution in [0.5, 0.6) is 0 Å². The van der Waals surface area contributed by atoms with Gasteiger partial charge in [-0.25, -0.2) is 4.79 Å². The maximum absolute atomic E-state index is 11.2. The third-order valence-corrected chi connectivity index (χ3v) is 5.04. The fourth-order valence-electron chi connectivity index (χ4n) is 2.56. The van der Waals surface area contributed by atoms with E-state index in [1.165, 1.54) is 0 Å². The number of aromatic carboxylic acids is 1. The SMILES string of the molecule is CSc1[nH]c2ccc(C(=O)O)cc2c1Cc1ccc(Cl)cc1Cl. The van der Waals surface area contributed by atoms with Crippen molar-refractivity contribution in [3.8, 4) is 0 Å². The van der Waals surface area contributed by atoms with Crippen molar-refractivity contribution in [1.82, 2.24) is 4.98 Å². The van der Waals surface area contributed by atoms with Crippen LogP contribution in [0.3, 0.4) is 0 Å². The number of thioether (sulfide) groups is 1. The van der Waals surface area contributed by atoms with Gasteiger partial charge in [-0.2, -0.15) is 0 Å². The van der Waals surface area contributed by atoms with Crippen molar-refractivity contribution in [2.24, 2.45) is 0 Å². The zero-order valence-corrected chi connectivity index (χ0v) is 14.5. The molecule has 0 fully saturated rings. The summed E-state index contributed by atoms with van der Waals surface area (Å²) in [4.78, 5) is 14.6. The highest BCUT2D eigenvalue weighted by atomic mass is 35.5. The topological polar surface area (TPSA) is 53.1 Å². The minimum atomic E-state index is -0.936. The number of carboxylic acids is 1. The van der Waals surface area contributed by atoms with E-state index in [0.29, 0.717) is 16.5 Å². The van der Waals surface area contributed by atoms with Gasteiger partial charge >= 0.3 is 5.97 Å². The van der Waals surface area contributed by atoms with Gasteiger partial charge in [-0.3, -0.25) is 0 Å². The van der Waals surface area contributed by atoms with E-state index in [4.69, 9.17) is 23.2 Å². The summed E-state index contributed by atoms with van der Waals surface area (Å²) in [6.45, 7) is 0. The summed E-state index contributed by atoms with van der Waals surface area (Å²) < 4.78 is 0. The van der Waals surface area contributed by atoms with Crippen LogP contribution < -0.4 is 0 Å². The number of hydrogen-bond acceptors (Lipinski definition) is 2. The summed E-state index contributed by atoms with van der Waals surface area (Å²) in [5, 5.41) is 12.3. The number of carbonyl (C=O) groups is 1. The van der Waals surface area contributed by atoms with Crippen molar-refractivity contribution in [2.75, 3.05) is 6.26 Å². The molecule has 0 unspecified atom stereocenters. The second kappa shape index (κ2) is 6.48. The smallest absolute Gasteiger partial charge is 0.335 e. The molecule has 3 aromatic rings. The minimum Gasteiger partial charge on any atom is -0.478 e. The van der Waals surface area contributed by atoms with Crippen LogP contribution in [0.2, 0.25) is 10.0 Å². The molecule has 1 aromatic heterocycles. The molecule has 3 rings (SSSR count). The molecule has 0 amide bonds. The Morgan fingerprint density at radius 1 is 1.22 bits per heavy atom. The Balaban J connectivity index is 2.14. The molecular weight excluding hydrogens is 353 g/mol. The highest BCUT2D eigenvalue weighted by Crippen LogP contribution is 2.33. The maximum Gasteiger partial charge on any atom is 0.335 e. The van der Waals surface area contributed by atoms with E-state index in [9.17, 15) is 9.90 Å². The summed E-state index contributed by atoms with van der Waals surface area (Å²) in [5.74, 6) is -0.936. The maximum atomic E-state index is 11.2. The number of hydrogen-bond donors (Lipinski definition) is 2. The quantitative estimate of drug-likeness (QED) is 0.601. The Morgan fingerprint density at radius 3 is 2.65 bits per heavy atom. The van der Waals surface area contributed by atoms with Crippen LogP contribution in [0.25, 0.3) is 10.9 Å². The molecule has 0 radical (unpaired) electrons. The van der Waals surface area contributed by atoms with E-state index in [2.05, 4.69) is 4.98 Å². The van der Waals surface area contributed by atoms with Crippen LogP contribution >= 0.6 is 35.0 Å². The summed E-state index contributed by atoms with van der Waals surface area (Å²) in [5.41, 5.74) is 3.18. The monoisotopic (exact) mass is 365 g/mol. The first-order valence-electron chi connectivity index (χ1n) is 6.85. The first-order chi connectivity index (χ1) is 11.0. The molecule has 2 N–H and O–H groups in total. The lowest BCUT2D eigenvalue weighted by atomic mass is 10.0. The largest absolute Gasteiger partial charge is 0.478 e. The fraction of sp³-hybridized carbons (Fsp3) is 0.118. The Kier molecular flexibility index (Phi) is 4.57. The zero-order chi connectivity index (χ0) is 16.6. The van der Waals surface area contributed by atoms with Crippen LogP contribution in [-0.4, -0.2) is 22.3 Å². The third kappa shape index (κ3) is 3.20. The minimum absolute atomic E-state index is 0.271. The fourth-order valence-corrected chi connectivity index (χ4v) is 3.68. The molecule has 0 aliphatic carbocycles. The Hall–Kier alpha value is -1.62. The van der Waals surface area contributed by atoms with E-state index < -0.39 is 5.97 Å². The first kappa shape index (κ1) is 16.2. The van der Waals surface area contributed by atoms with Crippen molar-refractivity contribution in [2.45, 2.75) is 11.4 Å². The van der Waals surface area contributed by atoms with Gasteiger partial charge in [0.25, 0.3) is 0 Å². The number of aromatic nitrogens is 1. The summed E-state index contributed by atoms with van der Waals surface area (Å²) in [7, 11) is 0. The molecule has 118 valence electrons. The zero-order valence-electron chi connectivity index (χ0n) is 12.2. The number of benzene rings is 2. The predicted molar refractivity (Wildman–Crippen MR) is 96.3 cm³/mol. The third-order valence-electron chi connectivity index (χ3n) is 3.70. The number of rotatable bonds is 4. The van der Waals surface area contributed by atoms with E-state index in [0.717, 1.165) is 27.1 Å². The lowest BCUT2D eigenvalue weighted by Crippen LogP contribution is -1.96. The lowest BCUT2D eigenvalue weighted by molar-refractivity contribution is 0.0697. The Morgan fingerprint density at radius 2 is 2.00 bits per heavy atom. The van der Waals surface area contributed by atoms with Gasteiger partial charge in [-0.15, -0.1) is 11.8 Å². The molecule has 1 heterocycles. The summed E-state index contributed by atoms with van der Waals surface area (Å²) in [6, 6.07) is 10.5. The molecule has 0 aliphatic heterocycles. The molecule has 0 spiro atoms. The average molecular weight is 366 g/mol. The number of nitrogens with one attached hydrogen (secondary N) is 1.